The van der Waals surface area contributed by atoms with Crippen LogP contribution in [0.1, 0.15) is 31.7 Å². The van der Waals surface area contributed by atoms with E-state index in [0.717, 1.165) is 12.8 Å². The molecule has 0 aliphatic heterocycles. The van der Waals surface area contributed by atoms with E-state index in [9.17, 15) is 19.7 Å². The number of nitro groups is 1. The average Bonchev–Trinajstić information content (AvgIpc) is 2.45. The Labute approximate surface area is 122 Å². The second kappa shape index (κ2) is 8.63. The van der Waals surface area contributed by atoms with Gasteiger partial charge in [-0.15, -0.1) is 0 Å². The molecule has 0 radical (unpaired) electrons. The number of benzene rings is 1. The number of carbonyl (C=O) groups excluding carboxylic acids is 2. The van der Waals surface area contributed by atoms with Crippen LogP contribution >= 0.6 is 0 Å². The average molecular weight is 291 g/mol. The predicted molar refractivity (Wildman–Crippen MR) is 77.6 cm³/mol. The molecule has 0 fully saturated rings. The first-order valence-electron chi connectivity index (χ1n) is 6.64. The smallest absolute Gasteiger partial charge is 0.313 e. The van der Waals surface area contributed by atoms with E-state index in [4.69, 9.17) is 4.74 Å². The zero-order valence-electron chi connectivity index (χ0n) is 11.8. The molecule has 0 bridgehead atoms. The molecule has 1 aromatic rings. The Kier molecular flexibility index (Phi) is 6.80. The third kappa shape index (κ3) is 6.47. The number of ether oxygens (including phenoxy) is 1. The summed E-state index contributed by atoms with van der Waals surface area (Å²) in [6.45, 7) is 2.29. The monoisotopic (exact) mass is 291 g/mol. The molecule has 1 rings (SSSR count). The van der Waals surface area contributed by atoms with Gasteiger partial charge in [-0.1, -0.05) is 31.6 Å². The second-order valence-electron chi connectivity index (χ2n) is 4.40. The van der Waals surface area contributed by atoms with Crippen molar-refractivity contribution in [3.8, 4) is 0 Å². The Morgan fingerprint density at radius 3 is 2.81 bits per heavy atom. The third-order valence-electron chi connectivity index (χ3n) is 2.62. The molecule has 21 heavy (non-hydrogen) atoms. The highest BCUT2D eigenvalue weighted by molar-refractivity contribution is 6.03. The summed E-state index contributed by atoms with van der Waals surface area (Å²) in [5.74, 6) is -0.958. The van der Waals surface area contributed by atoms with Crippen molar-refractivity contribution < 1.29 is 19.2 Å². The number of nitro benzene ring substituents is 1. The number of allylic oxidation sites excluding steroid dienone is 1. The maximum absolute atomic E-state index is 11.6. The number of unbranched alkanes of at least 4 members (excludes halogenated alkanes) is 1. The van der Waals surface area contributed by atoms with Gasteiger partial charge in [0.1, 0.15) is 6.42 Å². The molecule has 0 heterocycles. The van der Waals surface area contributed by atoms with Crippen molar-refractivity contribution in [3.05, 3.63) is 46.0 Å². The van der Waals surface area contributed by atoms with Crippen molar-refractivity contribution >= 4 is 23.5 Å². The van der Waals surface area contributed by atoms with Gasteiger partial charge in [-0.2, -0.15) is 0 Å². The molecule has 0 unspecified atom stereocenters. The fraction of sp³-hybridized carbons (Fsp3) is 0.333. The summed E-state index contributed by atoms with van der Waals surface area (Å²) in [7, 11) is 0. The largest absolute Gasteiger partial charge is 0.465 e. The lowest BCUT2D eigenvalue weighted by Crippen LogP contribution is -2.10. The molecular weight excluding hydrogens is 274 g/mol. The summed E-state index contributed by atoms with van der Waals surface area (Å²) in [6.07, 6.45) is 4.02. The predicted octanol–water partition coefficient (Wildman–Crippen LogP) is 2.91. The zero-order chi connectivity index (χ0) is 15.7. The van der Waals surface area contributed by atoms with Crippen molar-refractivity contribution in [3.63, 3.8) is 0 Å². The van der Waals surface area contributed by atoms with Gasteiger partial charge in [0, 0.05) is 12.1 Å². The van der Waals surface area contributed by atoms with Gasteiger partial charge in [-0.25, -0.2) is 0 Å². The van der Waals surface area contributed by atoms with E-state index in [2.05, 4.69) is 0 Å². The van der Waals surface area contributed by atoms with Crippen LogP contribution in [-0.2, 0) is 14.3 Å². The summed E-state index contributed by atoms with van der Waals surface area (Å²) in [5.41, 5.74) is 0.473. The van der Waals surface area contributed by atoms with Crippen molar-refractivity contribution in [2.45, 2.75) is 26.2 Å². The van der Waals surface area contributed by atoms with Crippen LogP contribution in [0.25, 0.3) is 6.08 Å². The zero-order valence-corrected chi connectivity index (χ0v) is 11.8. The molecule has 112 valence electrons. The number of ketones is 1. The molecule has 0 saturated heterocycles. The Morgan fingerprint density at radius 1 is 1.38 bits per heavy atom. The van der Waals surface area contributed by atoms with E-state index < -0.39 is 16.7 Å². The maximum Gasteiger partial charge on any atom is 0.313 e. The topological polar surface area (TPSA) is 86.5 Å². The van der Waals surface area contributed by atoms with Crippen LogP contribution in [0.5, 0.6) is 0 Å². The molecule has 6 heteroatoms. The van der Waals surface area contributed by atoms with Crippen LogP contribution in [0.3, 0.4) is 0 Å². The molecule has 0 saturated carbocycles. The molecule has 0 aliphatic rings. The highest BCUT2D eigenvalue weighted by Crippen LogP contribution is 2.14. The number of esters is 1. The van der Waals surface area contributed by atoms with E-state index in [0.29, 0.717) is 12.2 Å². The molecule has 0 amide bonds. The lowest BCUT2D eigenvalue weighted by atomic mass is 10.1. The number of rotatable bonds is 8. The minimum atomic E-state index is -0.558. The lowest BCUT2D eigenvalue weighted by molar-refractivity contribution is -0.384. The van der Waals surface area contributed by atoms with E-state index in [1.165, 1.54) is 30.4 Å². The van der Waals surface area contributed by atoms with Gasteiger partial charge in [0.2, 0.25) is 0 Å². The number of carbonyl (C=O) groups is 2. The molecule has 0 atom stereocenters. The van der Waals surface area contributed by atoms with Gasteiger partial charge in [-0.05, 0) is 18.1 Å². The van der Waals surface area contributed by atoms with Gasteiger partial charge < -0.3 is 4.74 Å². The quantitative estimate of drug-likeness (QED) is 0.183. The highest BCUT2D eigenvalue weighted by atomic mass is 16.6. The number of hydrogen-bond acceptors (Lipinski definition) is 5. The van der Waals surface area contributed by atoms with Crippen molar-refractivity contribution in [2.24, 2.45) is 0 Å². The molecule has 0 aliphatic carbocycles. The summed E-state index contributed by atoms with van der Waals surface area (Å²) in [4.78, 5) is 33.0. The summed E-state index contributed by atoms with van der Waals surface area (Å²) >= 11 is 0. The molecular formula is C15H17NO5. The van der Waals surface area contributed by atoms with Gasteiger partial charge in [0.05, 0.1) is 11.5 Å². The number of nitrogens with zero attached hydrogens (tertiary/aromatic N) is 1. The van der Waals surface area contributed by atoms with Gasteiger partial charge >= 0.3 is 5.97 Å². The normalized spacial score (nSPS) is 10.5. The van der Waals surface area contributed by atoms with Crippen molar-refractivity contribution in [1.82, 2.24) is 0 Å². The first-order valence-corrected chi connectivity index (χ1v) is 6.64. The molecule has 6 nitrogen and oxygen atoms in total. The van der Waals surface area contributed by atoms with Gasteiger partial charge in [-0.3, -0.25) is 19.7 Å². The van der Waals surface area contributed by atoms with Crippen LogP contribution in [0.15, 0.2) is 30.3 Å². The fourth-order valence-corrected chi connectivity index (χ4v) is 1.51. The van der Waals surface area contributed by atoms with Crippen molar-refractivity contribution in [1.29, 1.82) is 0 Å². The SMILES string of the molecule is CCCCOC(=O)CC(=O)C=Cc1cccc([N+](=O)[O-])c1. The molecule has 0 spiro atoms. The van der Waals surface area contributed by atoms with Crippen LogP contribution in [0.2, 0.25) is 0 Å². The fourth-order valence-electron chi connectivity index (χ4n) is 1.51. The standard InChI is InChI=1S/C15H17NO5/c1-2-3-9-21-15(18)11-14(17)8-7-12-5-4-6-13(10-12)16(19)20/h4-8,10H,2-3,9,11H2,1H3. The Balaban J connectivity index is 2.52. The Hall–Kier alpha value is -2.50. The second-order valence-corrected chi connectivity index (χ2v) is 4.40. The first-order chi connectivity index (χ1) is 10.0. The number of non-ortho nitro benzene ring substituents is 1. The highest BCUT2D eigenvalue weighted by Gasteiger charge is 2.08. The number of hydrogen-bond donors (Lipinski definition) is 0. The van der Waals surface area contributed by atoms with Crippen LogP contribution < -0.4 is 0 Å². The van der Waals surface area contributed by atoms with Crippen molar-refractivity contribution in [2.75, 3.05) is 6.61 Å². The van der Waals surface area contributed by atoms with Crippen LogP contribution in [0, 0.1) is 10.1 Å². The minimum absolute atomic E-state index is 0.0522. The van der Waals surface area contributed by atoms with E-state index >= 15 is 0 Å². The molecule has 1 aromatic carbocycles. The summed E-state index contributed by atoms with van der Waals surface area (Å²) in [5, 5.41) is 10.6. The van der Waals surface area contributed by atoms with E-state index in [-0.39, 0.29) is 12.1 Å². The first kappa shape index (κ1) is 16.6. The van der Waals surface area contributed by atoms with Crippen LogP contribution in [0.4, 0.5) is 5.69 Å². The van der Waals surface area contributed by atoms with E-state index in [1.807, 2.05) is 6.92 Å². The van der Waals surface area contributed by atoms with E-state index in [1.54, 1.807) is 6.07 Å². The van der Waals surface area contributed by atoms with Crippen LogP contribution in [-0.4, -0.2) is 23.3 Å². The third-order valence-corrected chi connectivity index (χ3v) is 2.62. The van der Waals surface area contributed by atoms with Gasteiger partial charge in [0.25, 0.3) is 5.69 Å². The summed E-state index contributed by atoms with van der Waals surface area (Å²) in [6, 6.07) is 5.88. The minimum Gasteiger partial charge on any atom is -0.465 e. The summed E-state index contributed by atoms with van der Waals surface area (Å²) < 4.78 is 4.87. The molecule has 0 aromatic heterocycles. The Morgan fingerprint density at radius 2 is 2.14 bits per heavy atom. The lowest BCUT2D eigenvalue weighted by Gasteiger charge is -2.01. The Bertz CT molecular complexity index is 551. The molecule has 0 N–H and O–H groups in total. The van der Waals surface area contributed by atoms with Gasteiger partial charge in [0.15, 0.2) is 5.78 Å². The maximum atomic E-state index is 11.6.